The molecule has 126 valence electrons. The van der Waals surface area contributed by atoms with Crippen LogP contribution in [0.2, 0.25) is 6.04 Å². The molecule has 2 N–H and O–H groups in total. The zero-order chi connectivity index (χ0) is 16.0. The first kappa shape index (κ1) is 19.2. The fourth-order valence-corrected chi connectivity index (χ4v) is 3.77. The molecule has 1 aromatic rings. The van der Waals surface area contributed by atoms with Crippen LogP contribution < -0.4 is 10.9 Å². The molecule has 0 radical (unpaired) electrons. The van der Waals surface area contributed by atoms with E-state index in [0.29, 0.717) is 0 Å². The molecule has 4 heteroatoms. The average Bonchev–Trinajstić information content (AvgIpc) is 2.53. The van der Waals surface area contributed by atoms with Crippen LogP contribution in [0.15, 0.2) is 24.3 Å². The SMILES string of the molecule is CCCCOC(CCC[SiH2]c1ccc(N)cc1)OCCCC. The number of hydrogen-bond donors (Lipinski definition) is 1. The van der Waals surface area contributed by atoms with Gasteiger partial charge in [-0.3, -0.25) is 0 Å². The fraction of sp³-hybridized carbons (Fsp3) is 0.667. The van der Waals surface area contributed by atoms with Crippen molar-refractivity contribution in [1.29, 1.82) is 0 Å². The average molecular weight is 324 g/mol. The molecular formula is C18H33NO2Si. The molecule has 0 aliphatic rings. The van der Waals surface area contributed by atoms with Crippen molar-refractivity contribution in [2.75, 3.05) is 18.9 Å². The third-order valence-corrected chi connectivity index (χ3v) is 5.64. The minimum atomic E-state index is -0.184. The number of nitrogen functional groups attached to an aromatic ring is 1. The normalized spacial score (nSPS) is 11.8. The number of benzene rings is 1. The minimum Gasteiger partial charge on any atom is -0.399 e. The molecule has 0 heterocycles. The summed E-state index contributed by atoms with van der Waals surface area (Å²) in [5.74, 6) is 0. The second kappa shape index (κ2) is 12.7. The van der Waals surface area contributed by atoms with Gasteiger partial charge in [0.25, 0.3) is 0 Å². The van der Waals surface area contributed by atoms with Crippen LogP contribution in [0.1, 0.15) is 52.4 Å². The zero-order valence-electron chi connectivity index (χ0n) is 14.4. The van der Waals surface area contributed by atoms with Crippen LogP contribution in [-0.4, -0.2) is 29.0 Å². The summed E-state index contributed by atoms with van der Waals surface area (Å²) in [5.41, 5.74) is 6.57. The number of unbranched alkanes of at least 4 members (excludes halogenated alkanes) is 2. The summed E-state index contributed by atoms with van der Waals surface area (Å²) in [7, 11) is -0.184. The van der Waals surface area contributed by atoms with Gasteiger partial charge in [-0.05, 0) is 31.4 Å². The molecule has 0 atom stereocenters. The monoisotopic (exact) mass is 323 g/mol. The summed E-state index contributed by atoms with van der Waals surface area (Å²) in [4.78, 5) is 0. The van der Waals surface area contributed by atoms with Gasteiger partial charge in [-0.15, -0.1) is 0 Å². The lowest BCUT2D eigenvalue weighted by molar-refractivity contribution is -0.147. The molecule has 0 aliphatic heterocycles. The number of hydrogen-bond acceptors (Lipinski definition) is 3. The second-order valence-electron chi connectivity index (χ2n) is 5.87. The van der Waals surface area contributed by atoms with Gasteiger partial charge in [-0.25, -0.2) is 0 Å². The van der Waals surface area contributed by atoms with Crippen LogP contribution in [0.5, 0.6) is 0 Å². The van der Waals surface area contributed by atoms with E-state index >= 15 is 0 Å². The van der Waals surface area contributed by atoms with Gasteiger partial charge in [0, 0.05) is 18.9 Å². The van der Waals surface area contributed by atoms with Crippen LogP contribution in [-0.2, 0) is 9.47 Å². The smallest absolute Gasteiger partial charge is 0.157 e. The molecule has 0 aromatic heterocycles. The molecule has 1 aromatic carbocycles. The summed E-state index contributed by atoms with van der Waals surface area (Å²) in [5, 5.41) is 1.49. The van der Waals surface area contributed by atoms with E-state index in [0.717, 1.165) is 38.2 Å². The molecule has 1 rings (SSSR count). The van der Waals surface area contributed by atoms with Crippen molar-refractivity contribution >= 4 is 20.4 Å². The Morgan fingerprint density at radius 2 is 1.55 bits per heavy atom. The van der Waals surface area contributed by atoms with Crippen molar-refractivity contribution in [3.63, 3.8) is 0 Å². The van der Waals surface area contributed by atoms with Crippen LogP contribution in [0, 0.1) is 0 Å². The van der Waals surface area contributed by atoms with Crippen molar-refractivity contribution in [3.8, 4) is 0 Å². The Labute approximate surface area is 138 Å². The van der Waals surface area contributed by atoms with Gasteiger partial charge in [0.05, 0.1) is 9.52 Å². The summed E-state index contributed by atoms with van der Waals surface area (Å²) in [6, 6.07) is 9.66. The molecule has 3 nitrogen and oxygen atoms in total. The van der Waals surface area contributed by atoms with Crippen LogP contribution >= 0.6 is 0 Å². The predicted molar refractivity (Wildman–Crippen MR) is 98.6 cm³/mol. The first-order chi connectivity index (χ1) is 10.8. The van der Waals surface area contributed by atoms with Crippen molar-refractivity contribution in [2.45, 2.75) is 64.7 Å². The first-order valence-corrected chi connectivity index (χ1v) is 10.5. The number of rotatable bonds is 13. The Bertz CT molecular complexity index is 360. The largest absolute Gasteiger partial charge is 0.399 e. The van der Waals surface area contributed by atoms with Crippen LogP contribution in [0.4, 0.5) is 5.69 Å². The maximum absolute atomic E-state index is 5.87. The van der Waals surface area contributed by atoms with Crippen molar-refractivity contribution in [3.05, 3.63) is 24.3 Å². The van der Waals surface area contributed by atoms with Gasteiger partial charge in [0.2, 0.25) is 0 Å². The summed E-state index contributed by atoms with van der Waals surface area (Å²) >= 11 is 0. The Morgan fingerprint density at radius 3 is 2.09 bits per heavy atom. The van der Waals surface area contributed by atoms with E-state index in [9.17, 15) is 0 Å². The highest BCUT2D eigenvalue weighted by atomic mass is 28.2. The highest BCUT2D eigenvalue weighted by Gasteiger charge is 2.09. The van der Waals surface area contributed by atoms with Crippen LogP contribution in [0.3, 0.4) is 0 Å². The molecule has 0 unspecified atom stereocenters. The Hall–Kier alpha value is -0.843. The van der Waals surface area contributed by atoms with Crippen molar-refractivity contribution in [2.24, 2.45) is 0 Å². The number of ether oxygens (including phenoxy) is 2. The lowest BCUT2D eigenvalue weighted by Gasteiger charge is -2.18. The molecule has 0 amide bonds. The van der Waals surface area contributed by atoms with Crippen LogP contribution in [0.25, 0.3) is 0 Å². The van der Waals surface area contributed by atoms with Gasteiger partial charge >= 0.3 is 0 Å². The summed E-state index contributed by atoms with van der Waals surface area (Å²) in [6.45, 7) is 6.02. The van der Waals surface area contributed by atoms with E-state index in [2.05, 4.69) is 26.0 Å². The van der Waals surface area contributed by atoms with Crippen molar-refractivity contribution < 1.29 is 9.47 Å². The Balaban J connectivity index is 2.21. The Morgan fingerprint density at radius 1 is 0.955 bits per heavy atom. The number of anilines is 1. The first-order valence-electron chi connectivity index (χ1n) is 8.83. The Kier molecular flexibility index (Phi) is 11.1. The lowest BCUT2D eigenvalue weighted by atomic mass is 10.3. The zero-order valence-corrected chi connectivity index (χ0v) is 15.8. The van der Waals surface area contributed by atoms with E-state index < -0.39 is 0 Å². The second-order valence-corrected chi connectivity index (χ2v) is 7.89. The predicted octanol–water partition coefficient (Wildman–Crippen LogP) is 3.22. The van der Waals surface area contributed by atoms with Gasteiger partial charge in [0.15, 0.2) is 6.29 Å². The molecule has 0 fully saturated rings. The fourth-order valence-electron chi connectivity index (χ4n) is 2.26. The third-order valence-electron chi connectivity index (χ3n) is 3.74. The molecule has 0 saturated carbocycles. The van der Waals surface area contributed by atoms with E-state index in [1.165, 1.54) is 30.5 Å². The molecule has 0 saturated heterocycles. The number of nitrogens with two attached hydrogens (primary N) is 1. The van der Waals surface area contributed by atoms with E-state index in [1.54, 1.807) is 0 Å². The molecular weight excluding hydrogens is 290 g/mol. The highest BCUT2D eigenvalue weighted by Crippen LogP contribution is 2.09. The quantitative estimate of drug-likeness (QED) is 0.262. The third kappa shape index (κ3) is 9.23. The van der Waals surface area contributed by atoms with Gasteiger partial charge < -0.3 is 15.2 Å². The molecule has 22 heavy (non-hydrogen) atoms. The van der Waals surface area contributed by atoms with Gasteiger partial charge in [0.1, 0.15) is 0 Å². The topological polar surface area (TPSA) is 44.5 Å². The highest BCUT2D eigenvalue weighted by molar-refractivity contribution is 6.53. The maximum atomic E-state index is 5.87. The minimum absolute atomic E-state index is 0.00137. The maximum Gasteiger partial charge on any atom is 0.157 e. The molecule has 0 bridgehead atoms. The van der Waals surface area contributed by atoms with E-state index in [-0.39, 0.29) is 15.8 Å². The molecule has 0 aliphatic carbocycles. The lowest BCUT2D eigenvalue weighted by Crippen LogP contribution is -2.20. The van der Waals surface area contributed by atoms with Crippen molar-refractivity contribution in [1.82, 2.24) is 0 Å². The van der Waals surface area contributed by atoms with E-state index in [1.807, 2.05) is 12.1 Å². The van der Waals surface area contributed by atoms with E-state index in [4.69, 9.17) is 15.2 Å². The van der Waals surface area contributed by atoms with Gasteiger partial charge in [-0.2, -0.15) is 0 Å². The summed E-state index contributed by atoms with van der Waals surface area (Å²) in [6.07, 6.45) is 6.80. The summed E-state index contributed by atoms with van der Waals surface area (Å²) < 4.78 is 11.7. The van der Waals surface area contributed by atoms with Gasteiger partial charge in [-0.1, -0.05) is 56.5 Å². The molecule has 0 spiro atoms. The standard InChI is InChI=1S/C18H33NO2Si/c1-3-5-13-20-18(21-14-6-4-2)8-7-15-22-17-11-9-16(19)10-12-17/h9-12,18H,3-8,13-15,19,22H2,1-2H3.